The maximum absolute atomic E-state index is 13.3. The number of methoxy groups -OCH3 is 1. The van der Waals surface area contributed by atoms with Crippen LogP contribution in [0.2, 0.25) is 0 Å². The molecule has 1 fully saturated rings. The van der Waals surface area contributed by atoms with Crippen LogP contribution in [-0.2, 0) is 14.2 Å². The van der Waals surface area contributed by atoms with Gasteiger partial charge in [-0.25, -0.2) is 10.2 Å². The lowest BCUT2D eigenvalue weighted by molar-refractivity contribution is -0.0631. The van der Waals surface area contributed by atoms with E-state index in [1.165, 1.54) is 17.9 Å². The number of amides is 2. The molecule has 3 heterocycles. The summed E-state index contributed by atoms with van der Waals surface area (Å²) in [5, 5.41) is 9.72. The fourth-order valence-electron chi connectivity index (χ4n) is 5.05. The largest absolute Gasteiger partial charge is 0.448 e. The molecule has 0 radical (unpaired) electrons. The standard InChI is InChI=1S/C26H40N6O5/c1-4-36-26(34)31-21-12-13-27-25(37-17-16-30-14-8-9-15-30)22(21)23(32(31)29-19(2)18-35-3)28-24(33)20-10-6-5-7-11-20/h5-7,10-11,19,23,25,27,29H,4,8-9,12-18H2,1-3H3,(H,28,33). The van der Waals surface area contributed by atoms with Crippen molar-refractivity contribution < 1.29 is 23.8 Å². The first-order valence-corrected chi connectivity index (χ1v) is 13.2. The molecule has 11 heteroatoms. The van der Waals surface area contributed by atoms with Crippen LogP contribution in [0.4, 0.5) is 4.79 Å². The molecule has 0 spiro atoms. The van der Waals surface area contributed by atoms with Crippen molar-refractivity contribution in [2.75, 3.05) is 53.1 Å². The Morgan fingerprint density at radius 2 is 1.95 bits per heavy atom. The van der Waals surface area contributed by atoms with Crippen molar-refractivity contribution in [3.05, 3.63) is 47.2 Å². The molecule has 4 rings (SSSR count). The molecule has 1 aromatic rings. The molecule has 1 aromatic carbocycles. The lowest BCUT2D eigenvalue weighted by Crippen LogP contribution is -2.62. The van der Waals surface area contributed by atoms with E-state index in [-0.39, 0.29) is 18.6 Å². The second-order valence-electron chi connectivity index (χ2n) is 9.49. The lowest BCUT2D eigenvalue weighted by atomic mass is 10.0. The Morgan fingerprint density at radius 3 is 2.65 bits per heavy atom. The Labute approximate surface area is 219 Å². The maximum Gasteiger partial charge on any atom is 0.430 e. The average molecular weight is 517 g/mol. The van der Waals surface area contributed by atoms with Crippen LogP contribution < -0.4 is 16.1 Å². The van der Waals surface area contributed by atoms with E-state index in [2.05, 4.69) is 21.0 Å². The first kappa shape index (κ1) is 27.5. The van der Waals surface area contributed by atoms with Gasteiger partial charge in [-0.15, -0.1) is 5.12 Å². The quantitative estimate of drug-likeness (QED) is 0.405. The van der Waals surface area contributed by atoms with E-state index in [9.17, 15) is 9.59 Å². The molecule has 1 saturated heterocycles. The predicted octanol–water partition coefficient (Wildman–Crippen LogP) is 1.66. The summed E-state index contributed by atoms with van der Waals surface area (Å²) in [5.41, 5.74) is 5.42. The summed E-state index contributed by atoms with van der Waals surface area (Å²) >= 11 is 0. The first-order valence-electron chi connectivity index (χ1n) is 13.2. The van der Waals surface area contributed by atoms with E-state index < -0.39 is 18.5 Å². The molecule has 37 heavy (non-hydrogen) atoms. The fraction of sp³-hybridized carbons (Fsp3) is 0.615. The molecule has 3 aliphatic rings. The highest BCUT2D eigenvalue weighted by Crippen LogP contribution is 2.35. The van der Waals surface area contributed by atoms with Crippen LogP contribution in [0.25, 0.3) is 0 Å². The summed E-state index contributed by atoms with van der Waals surface area (Å²) < 4.78 is 17.1. The monoisotopic (exact) mass is 516 g/mol. The van der Waals surface area contributed by atoms with Crippen molar-refractivity contribution in [2.45, 2.75) is 51.5 Å². The summed E-state index contributed by atoms with van der Waals surface area (Å²) in [6, 6.07) is 8.88. The Balaban J connectivity index is 1.63. The van der Waals surface area contributed by atoms with Gasteiger partial charge < -0.3 is 24.4 Å². The third kappa shape index (κ3) is 6.67. The van der Waals surface area contributed by atoms with Crippen LogP contribution in [0.5, 0.6) is 0 Å². The van der Waals surface area contributed by atoms with Gasteiger partial charge in [-0.3, -0.25) is 10.1 Å². The molecule has 204 valence electrons. The Morgan fingerprint density at radius 1 is 1.19 bits per heavy atom. The molecule has 3 atom stereocenters. The zero-order valence-electron chi connectivity index (χ0n) is 22.1. The number of hydrogen-bond acceptors (Lipinski definition) is 9. The molecular formula is C26H40N6O5. The van der Waals surface area contributed by atoms with Crippen LogP contribution in [0.15, 0.2) is 41.6 Å². The van der Waals surface area contributed by atoms with Gasteiger partial charge in [0.2, 0.25) is 0 Å². The second kappa shape index (κ2) is 13.3. The van der Waals surface area contributed by atoms with E-state index in [1.807, 2.05) is 25.1 Å². The fourth-order valence-corrected chi connectivity index (χ4v) is 5.05. The molecule has 0 aliphatic carbocycles. The number of carbonyl (C=O) groups excluding carboxylic acids is 2. The van der Waals surface area contributed by atoms with Crippen molar-refractivity contribution in [1.29, 1.82) is 0 Å². The third-order valence-electron chi connectivity index (χ3n) is 6.72. The number of likely N-dealkylation sites (tertiary alicyclic amines) is 1. The Hall–Kier alpha value is -2.54. The van der Waals surface area contributed by atoms with Crippen molar-refractivity contribution in [3.8, 4) is 0 Å². The lowest BCUT2D eigenvalue weighted by Gasteiger charge is -2.35. The molecule has 3 unspecified atom stereocenters. The van der Waals surface area contributed by atoms with Crippen molar-refractivity contribution in [3.63, 3.8) is 0 Å². The number of carbonyl (C=O) groups is 2. The van der Waals surface area contributed by atoms with E-state index in [4.69, 9.17) is 14.2 Å². The van der Waals surface area contributed by atoms with Crippen LogP contribution in [0.3, 0.4) is 0 Å². The Kier molecular flexibility index (Phi) is 9.89. The molecule has 3 N–H and O–H groups in total. The van der Waals surface area contributed by atoms with E-state index in [0.29, 0.717) is 31.7 Å². The Bertz CT molecular complexity index is 939. The van der Waals surface area contributed by atoms with Crippen LogP contribution in [-0.4, -0.2) is 98.6 Å². The first-order chi connectivity index (χ1) is 18.0. The maximum atomic E-state index is 13.3. The smallest absolute Gasteiger partial charge is 0.430 e. The predicted molar refractivity (Wildman–Crippen MR) is 138 cm³/mol. The zero-order chi connectivity index (χ0) is 26.2. The molecule has 0 saturated carbocycles. The normalized spacial score (nSPS) is 23.3. The minimum Gasteiger partial charge on any atom is -0.448 e. The number of ether oxygens (including phenoxy) is 3. The van der Waals surface area contributed by atoms with Gasteiger partial charge in [0.15, 0.2) is 0 Å². The van der Waals surface area contributed by atoms with E-state index in [1.54, 1.807) is 31.3 Å². The zero-order valence-corrected chi connectivity index (χ0v) is 22.1. The van der Waals surface area contributed by atoms with Gasteiger partial charge in [-0.05, 0) is 51.9 Å². The molecule has 2 amide bonds. The third-order valence-corrected chi connectivity index (χ3v) is 6.72. The van der Waals surface area contributed by atoms with Gasteiger partial charge in [0.25, 0.3) is 5.91 Å². The molecule has 0 bridgehead atoms. The number of nitrogens with zero attached hydrogens (tertiary/aromatic N) is 3. The van der Waals surface area contributed by atoms with Crippen LogP contribution in [0.1, 0.15) is 43.5 Å². The van der Waals surface area contributed by atoms with E-state index in [0.717, 1.165) is 30.9 Å². The van der Waals surface area contributed by atoms with Crippen LogP contribution >= 0.6 is 0 Å². The topological polar surface area (TPSA) is 108 Å². The highest BCUT2D eigenvalue weighted by molar-refractivity contribution is 5.94. The van der Waals surface area contributed by atoms with Gasteiger partial charge in [0, 0.05) is 43.8 Å². The van der Waals surface area contributed by atoms with Crippen molar-refractivity contribution >= 4 is 12.0 Å². The highest BCUT2D eigenvalue weighted by atomic mass is 16.6. The molecule has 11 nitrogen and oxygen atoms in total. The molecule has 0 aromatic heterocycles. The summed E-state index contributed by atoms with van der Waals surface area (Å²) in [5.74, 6) is -0.254. The minimum atomic E-state index is -0.684. The number of rotatable bonds is 11. The summed E-state index contributed by atoms with van der Waals surface area (Å²) in [4.78, 5) is 28.9. The van der Waals surface area contributed by atoms with Gasteiger partial charge >= 0.3 is 6.09 Å². The average Bonchev–Trinajstić information content (AvgIpc) is 3.52. The molecular weight excluding hydrogens is 476 g/mol. The second-order valence-corrected chi connectivity index (χ2v) is 9.49. The summed E-state index contributed by atoms with van der Waals surface area (Å²) in [6.45, 7) is 8.56. The minimum absolute atomic E-state index is 0.151. The number of benzene rings is 1. The number of hydrazine groups is 2. The SMILES string of the molecule is CCOC(=O)N1C2=C(C(OCCN3CCCC3)NCC2)C(NC(=O)c2ccccc2)N1NC(C)COC. The van der Waals surface area contributed by atoms with Crippen molar-refractivity contribution in [2.24, 2.45) is 0 Å². The van der Waals surface area contributed by atoms with Gasteiger partial charge in [-0.1, -0.05) is 18.2 Å². The summed E-state index contributed by atoms with van der Waals surface area (Å²) in [6.07, 6.45) is 1.36. The molecule has 3 aliphatic heterocycles. The number of nitrogens with one attached hydrogen (secondary N) is 3. The van der Waals surface area contributed by atoms with Gasteiger partial charge in [0.1, 0.15) is 12.4 Å². The number of hydrogen-bond donors (Lipinski definition) is 3. The van der Waals surface area contributed by atoms with Crippen molar-refractivity contribution in [1.82, 2.24) is 31.1 Å². The van der Waals surface area contributed by atoms with E-state index >= 15 is 0 Å². The van der Waals surface area contributed by atoms with Gasteiger partial charge in [-0.2, -0.15) is 5.01 Å². The van der Waals surface area contributed by atoms with Crippen LogP contribution in [0, 0.1) is 0 Å². The highest BCUT2D eigenvalue weighted by Gasteiger charge is 2.48. The summed E-state index contributed by atoms with van der Waals surface area (Å²) in [7, 11) is 1.62. The van der Waals surface area contributed by atoms with Gasteiger partial charge in [0.05, 0.1) is 25.5 Å².